The van der Waals surface area contributed by atoms with Crippen LogP contribution >= 0.6 is 0 Å². The Morgan fingerprint density at radius 3 is 2.41 bits per heavy atom. The number of ether oxygens (including phenoxy) is 2. The number of aryl methyl sites for hydroxylation is 1. The van der Waals surface area contributed by atoms with E-state index in [2.05, 4.69) is 0 Å². The molecule has 1 amide bonds. The van der Waals surface area contributed by atoms with Gasteiger partial charge in [0.25, 0.3) is 11.7 Å². The Morgan fingerprint density at radius 2 is 1.74 bits per heavy atom. The van der Waals surface area contributed by atoms with Gasteiger partial charge in [0.05, 0.1) is 24.8 Å². The number of rotatable bonds is 7. The van der Waals surface area contributed by atoms with Gasteiger partial charge < -0.3 is 19.5 Å². The van der Waals surface area contributed by atoms with Crippen molar-refractivity contribution in [1.82, 2.24) is 4.90 Å². The Morgan fingerprint density at radius 1 is 1.00 bits per heavy atom. The van der Waals surface area contributed by atoms with Gasteiger partial charge in [-0.15, -0.1) is 0 Å². The van der Waals surface area contributed by atoms with E-state index in [1.54, 1.807) is 23.1 Å². The molecule has 2 aromatic carbocycles. The molecule has 1 N–H and O–H groups in total. The molecule has 6 heteroatoms. The summed E-state index contributed by atoms with van der Waals surface area (Å²) in [6.45, 7) is 6.77. The Hall–Kier alpha value is -3.28. The maximum Gasteiger partial charge on any atom is 0.295 e. The van der Waals surface area contributed by atoms with Crippen LogP contribution in [0.25, 0.3) is 5.76 Å². The van der Waals surface area contributed by atoms with Crippen molar-refractivity contribution in [3.8, 4) is 11.5 Å². The average molecular weight is 464 g/mol. The summed E-state index contributed by atoms with van der Waals surface area (Å²) in [6, 6.07) is 12.1. The number of likely N-dealkylation sites (tertiary alicyclic amines) is 1. The van der Waals surface area contributed by atoms with Crippen LogP contribution in [0.4, 0.5) is 0 Å². The predicted octanol–water partition coefficient (Wildman–Crippen LogP) is 5.55. The van der Waals surface area contributed by atoms with Gasteiger partial charge in [-0.1, -0.05) is 31.4 Å². The van der Waals surface area contributed by atoms with Gasteiger partial charge in [0.1, 0.15) is 17.3 Å². The Balaban J connectivity index is 1.85. The van der Waals surface area contributed by atoms with Crippen LogP contribution in [-0.2, 0) is 9.59 Å². The van der Waals surface area contributed by atoms with Crippen molar-refractivity contribution in [2.75, 3.05) is 13.2 Å². The van der Waals surface area contributed by atoms with E-state index in [0.717, 1.165) is 49.0 Å². The number of hydrogen-bond donors (Lipinski definition) is 1. The van der Waals surface area contributed by atoms with Crippen LogP contribution in [0.2, 0.25) is 0 Å². The van der Waals surface area contributed by atoms with E-state index in [1.165, 1.54) is 0 Å². The van der Waals surface area contributed by atoms with Gasteiger partial charge in [-0.3, -0.25) is 9.59 Å². The molecule has 1 aliphatic heterocycles. The third kappa shape index (κ3) is 4.54. The van der Waals surface area contributed by atoms with Crippen molar-refractivity contribution in [3.63, 3.8) is 0 Å². The van der Waals surface area contributed by atoms with E-state index in [9.17, 15) is 14.7 Å². The number of hydrogen-bond acceptors (Lipinski definition) is 5. The highest BCUT2D eigenvalue weighted by Gasteiger charge is 2.49. The monoisotopic (exact) mass is 463 g/mol. The number of carbonyl (C=O) groups excluding carboxylic acids is 2. The first kappa shape index (κ1) is 23.9. The molecular weight excluding hydrogens is 430 g/mol. The van der Waals surface area contributed by atoms with E-state index < -0.39 is 17.7 Å². The first-order valence-electron chi connectivity index (χ1n) is 12.2. The van der Waals surface area contributed by atoms with Crippen molar-refractivity contribution < 1.29 is 24.2 Å². The van der Waals surface area contributed by atoms with Gasteiger partial charge >= 0.3 is 0 Å². The molecule has 180 valence electrons. The van der Waals surface area contributed by atoms with Crippen molar-refractivity contribution in [1.29, 1.82) is 0 Å². The highest BCUT2D eigenvalue weighted by atomic mass is 16.5. The average Bonchev–Trinajstić information content (AvgIpc) is 3.11. The molecule has 2 aromatic rings. The molecule has 1 saturated heterocycles. The number of amides is 1. The lowest BCUT2D eigenvalue weighted by atomic mass is 9.90. The van der Waals surface area contributed by atoms with E-state index in [-0.39, 0.29) is 17.4 Å². The Labute approximate surface area is 201 Å². The number of benzene rings is 2. The summed E-state index contributed by atoms with van der Waals surface area (Å²) in [5.41, 5.74) is 2.24. The van der Waals surface area contributed by atoms with Gasteiger partial charge in [-0.2, -0.15) is 0 Å². The fourth-order valence-electron chi connectivity index (χ4n) is 5.12. The number of aliphatic hydroxyl groups excluding tert-OH is 1. The highest BCUT2D eigenvalue weighted by molar-refractivity contribution is 6.46. The van der Waals surface area contributed by atoms with Crippen molar-refractivity contribution >= 4 is 17.4 Å². The van der Waals surface area contributed by atoms with Gasteiger partial charge in [0.15, 0.2) is 0 Å². The van der Waals surface area contributed by atoms with Crippen molar-refractivity contribution in [2.45, 2.75) is 65.0 Å². The third-order valence-corrected chi connectivity index (χ3v) is 6.68. The molecule has 1 unspecified atom stereocenters. The minimum Gasteiger partial charge on any atom is -0.507 e. The zero-order chi connectivity index (χ0) is 24.2. The second-order valence-corrected chi connectivity index (χ2v) is 8.92. The molecular formula is C28H33NO5. The van der Waals surface area contributed by atoms with Gasteiger partial charge in [-0.25, -0.2) is 0 Å². The second kappa shape index (κ2) is 10.3. The largest absolute Gasteiger partial charge is 0.507 e. The van der Waals surface area contributed by atoms with E-state index in [0.29, 0.717) is 24.5 Å². The molecule has 34 heavy (non-hydrogen) atoms. The lowest BCUT2D eigenvalue weighted by Crippen LogP contribution is -2.40. The summed E-state index contributed by atoms with van der Waals surface area (Å²) < 4.78 is 11.3. The van der Waals surface area contributed by atoms with Crippen molar-refractivity contribution in [3.05, 3.63) is 64.7 Å². The number of ketones is 1. The minimum atomic E-state index is -0.657. The zero-order valence-electron chi connectivity index (χ0n) is 20.2. The van der Waals surface area contributed by atoms with Crippen LogP contribution in [0.3, 0.4) is 0 Å². The molecule has 2 aliphatic rings. The Bertz CT molecular complexity index is 1100. The normalized spacial score (nSPS) is 20.6. The highest BCUT2D eigenvalue weighted by Crippen LogP contribution is 2.44. The Kier molecular flexibility index (Phi) is 7.25. The molecule has 1 atom stereocenters. The number of nitrogens with zero attached hydrogens (tertiary/aromatic N) is 1. The zero-order valence-corrected chi connectivity index (χ0v) is 20.2. The quantitative estimate of drug-likeness (QED) is 0.331. The predicted molar refractivity (Wildman–Crippen MR) is 131 cm³/mol. The van der Waals surface area contributed by atoms with E-state index >= 15 is 0 Å². The van der Waals surface area contributed by atoms with Gasteiger partial charge in [-0.05, 0) is 75.1 Å². The van der Waals surface area contributed by atoms with Crippen LogP contribution in [-0.4, -0.2) is 41.0 Å². The van der Waals surface area contributed by atoms with Crippen molar-refractivity contribution in [2.24, 2.45) is 0 Å². The minimum absolute atomic E-state index is 0.0293. The molecule has 0 aromatic heterocycles. The fraction of sp³-hybridized carbons (Fsp3) is 0.429. The van der Waals surface area contributed by atoms with E-state index in [4.69, 9.17) is 9.47 Å². The summed E-state index contributed by atoms with van der Waals surface area (Å²) in [5.74, 6) is 0.0628. The van der Waals surface area contributed by atoms with Crippen LogP contribution in [0.1, 0.15) is 68.7 Å². The molecule has 1 aliphatic carbocycles. The molecule has 2 fully saturated rings. The molecule has 6 nitrogen and oxygen atoms in total. The van der Waals surface area contributed by atoms with Crippen LogP contribution in [0.15, 0.2) is 48.0 Å². The molecule has 0 radical (unpaired) electrons. The topological polar surface area (TPSA) is 76.1 Å². The van der Waals surface area contributed by atoms with Gasteiger partial charge in [0.2, 0.25) is 0 Å². The first-order valence-corrected chi connectivity index (χ1v) is 12.2. The van der Waals surface area contributed by atoms with Crippen LogP contribution in [0, 0.1) is 6.92 Å². The van der Waals surface area contributed by atoms with Crippen LogP contribution in [0.5, 0.6) is 11.5 Å². The standard InChI is InChI=1S/C28H33NO5/c1-4-33-22-13-9-10-19(17-22)25-24(26(30)20-14-15-23(34-5-2)18(3)16-20)27(31)28(32)29(25)21-11-7-6-8-12-21/h9-10,13-17,21,25,30H,4-8,11-12H2,1-3H3/b26-24+. The number of Topliss-reactive ketones (excluding diaryl/α,β-unsaturated/α-hetero) is 1. The first-order chi connectivity index (χ1) is 16.5. The summed E-state index contributed by atoms with van der Waals surface area (Å²) >= 11 is 0. The number of carbonyl (C=O) groups is 2. The van der Waals surface area contributed by atoms with Gasteiger partial charge in [0, 0.05) is 11.6 Å². The molecule has 1 heterocycles. The van der Waals surface area contributed by atoms with E-state index in [1.807, 2.05) is 45.0 Å². The lowest BCUT2D eigenvalue weighted by molar-refractivity contribution is -0.141. The smallest absolute Gasteiger partial charge is 0.295 e. The summed E-state index contributed by atoms with van der Waals surface area (Å²) in [6.07, 6.45) is 4.90. The SMILES string of the molecule is CCOc1cccc(C2/C(=C(\O)c3ccc(OCC)c(C)c3)C(=O)C(=O)N2C2CCCCC2)c1. The molecule has 0 bridgehead atoms. The molecule has 0 spiro atoms. The maximum absolute atomic E-state index is 13.4. The molecule has 1 saturated carbocycles. The second-order valence-electron chi connectivity index (χ2n) is 8.92. The summed E-state index contributed by atoms with van der Waals surface area (Å²) in [4.78, 5) is 28.4. The molecule has 4 rings (SSSR count). The maximum atomic E-state index is 13.4. The third-order valence-electron chi connectivity index (χ3n) is 6.68. The van der Waals surface area contributed by atoms with Crippen LogP contribution < -0.4 is 9.47 Å². The fourth-order valence-corrected chi connectivity index (χ4v) is 5.12. The summed E-state index contributed by atoms with van der Waals surface area (Å²) in [7, 11) is 0. The lowest BCUT2D eigenvalue weighted by Gasteiger charge is -2.35. The summed E-state index contributed by atoms with van der Waals surface area (Å²) in [5, 5.41) is 11.4. The number of aliphatic hydroxyl groups is 1.